The van der Waals surface area contributed by atoms with Crippen molar-refractivity contribution in [3.05, 3.63) is 80.9 Å². The van der Waals surface area contributed by atoms with E-state index >= 15 is 0 Å². The van der Waals surface area contributed by atoms with Crippen molar-refractivity contribution in [1.29, 1.82) is 0 Å². The van der Waals surface area contributed by atoms with Gasteiger partial charge in [0.1, 0.15) is 5.82 Å². The highest BCUT2D eigenvalue weighted by Crippen LogP contribution is 2.23. The van der Waals surface area contributed by atoms with Gasteiger partial charge in [-0.25, -0.2) is 13.6 Å². The molecule has 0 bridgehead atoms. The lowest BCUT2D eigenvalue weighted by Crippen LogP contribution is -2.39. The summed E-state index contributed by atoms with van der Waals surface area (Å²) in [6, 6.07) is 6.50. The molecule has 1 aromatic heterocycles. The molecule has 1 heterocycles. The first-order chi connectivity index (χ1) is 16.2. The summed E-state index contributed by atoms with van der Waals surface area (Å²) in [5.74, 6) is -3.80. The third kappa shape index (κ3) is 5.35. The number of nitrogens with zero attached hydrogens (tertiary/aromatic N) is 2. The number of aryl methyl sites for hydroxylation is 1. The van der Waals surface area contributed by atoms with Crippen molar-refractivity contribution in [3.8, 4) is 5.75 Å². The minimum atomic E-state index is -1.29. The molecule has 1 atom stereocenters. The maximum atomic E-state index is 13.7. The fourth-order valence-corrected chi connectivity index (χ4v) is 3.87. The standard InChI is InChI=1S/C25H28F3N3O3/c1-5-30-21-8-7-18(14-19(21)24(32)31(6-2)25(30)33)29-16(4)11-15(3)9-10-34-22-13-17(26)12-20(27)23(22)28/h7-8,12-15,29H,4-6,9-11H2,1-3H3. The van der Waals surface area contributed by atoms with Crippen molar-refractivity contribution in [2.24, 2.45) is 5.92 Å². The molecule has 0 saturated heterocycles. The molecule has 3 aromatic rings. The molecule has 0 aliphatic heterocycles. The largest absolute Gasteiger partial charge is 0.490 e. The average Bonchev–Trinajstić information content (AvgIpc) is 2.78. The van der Waals surface area contributed by atoms with E-state index in [4.69, 9.17) is 4.74 Å². The SMILES string of the molecule is C=C(CC(C)CCOc1cc(F)cc(F)c1F)Nc1ccc2c(c1)c(=O)n(CC)c(=O)n2CC. The maximum absolute atomic E-state index is 13.7. The highest BCUT2D eigenvalue weighted by atomic mass is 19.2. The lowest BCUT2D eigenvalue weighted by Gasteiger charge is -2.17. The summed E-state index contributed by atoms with van der Waals surface area (Å²) in [6.07, 6.45) is 1.05. The Labute approximate surface area is 195 Å². The number of hydrogen-bond acceptors (Lipinski definition) is 4. The Balaban J connectivity index is 1.65. The van der Waals surface area contributed by atoms with Crippen molar-refractivity contribution in [2.75, 3.05) is 11.9 Å². The highest BCUT2D eigenvalue weighted by molar-refractivity contribution is 5.82. The number of anilines is 1. The molecule has 0 amide bonds. The first-order valence-electron chi connectivity index (χ1n) is 11.2. The molecular formula is C25H28F3N3O3. The lowest BCUT2D eigenvalue weighted by molar-refractivity contribution is 0.265. The fraction of sp³-hybridized carbons (Fsp3) is 0.360. The van der Waals surface area contributed by atoms with Crippen LogP contribution in [0.25, 0.3) is 10.9 Å². The molecule has 34 heavy (non-hydrogen) atoms. The summed E-state index contributed by atoms with van der Waals surface area (Å²) >= 11 is 0. The van der Waals surface area contributed by atoms with Crippen LogP contribution < -0.4 is 21.3 Å². The second-order valence-corrected chi connectivity index (χ2v) is 8.18. The summed E-state index contributed by atoms with van der Waals surface area (Å²) in [5, 5.41) is 3.62. The fourth-order valence-electron chi connectivity index (χ4n) is 3.87. The van der Waals surface area contributed by atoms with Crippen molar-refractivity contribution in [1.82, 2.24) is 9.13 Å². The van der Waals surface area contributed by atoms with Gasteiger partial charge in [0, 0.05) is 36.6 Å². The van der Waals surface area contributed by atoms with Gasteiger partial charge in [0.15, 0.2) is 11.6 Å². The van der Waals surface area contributed by atoms with Crippen LogP contribution in [0.2, 0.25) is 0 Å². The van der Waals surface area contributed by atoms with Crippen LogP contribution in [0.3, 0.4) is 0 Å². The molecule has 0 aliphatic carbocycles. The lowest BCUT2D eigenvalue weighted by atomic mass is 10.0. The summed E-state index contributed by atoms with van der Waals surface area (Å²) in [5.41, 5.74) is 1.26. The molecule has 0 aliphatic rings. The van der Waals surface area contributed by atoms with Crippen LogP contribution in [0.4, 0.5) is 18.9 Å². The van der Waals surface area contributed by atoms with Crippen LogP contribution in [0, 0.1) is 23.4 Å². The van der Waals surface area contributed by atoms with Gasteiger partial charge in [-0.2, -0.15) is 4.39 Å². The van der Waals surface area contributed by atoms with Crippen LogP contribution in [0.1, 0.15) is 33.6 Å². The van der Waals surface area contributed by atoms with Gasteiger partial charge in [-0.15, -0.1) is 0 Å². The molecule has 9 heteroatoms. The molecule has 6 nitrogen and oxygen atoms in total. The Hall–Kier alpha value is -3.49. The van der Waals surface area contributed by atoms with Gasteiger partial charge in [-0.1, -0.05) is 13.5 Å². The van der Waals surface area contributed by atoms with Crippen LogP contribution in [-0.4, -0.2) is 15.7 Å². The number of ether oxygens (including phenoxy) is 1. The smallest absolute Gasteiger partial charge is 0.331 e. The molecule has 3 rings (SSSR count). The molecule has 0 fully saturated rings. The van der Waals surface area contributed by atoms with Crippen LogP contribution in [0.5, 0.6) is 5.75 Å². The Morgan fingerprint density at radius 2 is 1.79 bits per heavy atom. The zero-order chi connectivity index (χ0) is 25.0. The third-order valence-electron chi connectivity index (χ3n) is 5.60. The zero-order valence-electron chi connectivity index (χ0n) is 19.5. The normalized spacial score (nSPS) is 12.1. The number of allylic oxidation sites excluding steroid dienone is 1. The number of rotatable bonds is 10. The second-order valence-electron chi connectivity index (χ2n) is 8.18. The summed E-state index contributed by atoms with van der Waals surface area (Å²) in [7, 11) is 0. The minimum absolute atomic E-state index is 0.0736. The summed E-state index contributed by atoms with van der Waals surface area (Å²) in [4.78, 5) is 25.3. The summed E-state index contributed by atoms with van der Waals surface area (Å²) in [6.45, 7) is 10.4. The van der Waals surface area contributed by atoms with Crippen LogP contribution in [-0.2, 0) is 13.1 Å². The van der Waals surface area contributed by atoms with Crippen molar-refractivity contribution in [2.45, 2.75) is 46.7 Å². The Bertz CT molecular complexity index is 1330. The number of benzene rings is 2. The van der Waals surface area contributed by atoms with E-state index in [0.717, 1.165) is 6.07 Å². The van der Waals surface area contributed by atoms with Gasteiger partial charge in [0.05, 0.1) is 17.5 Å². The van der Waals surface area contributed by atoms with Crippen molar-refractivity contribution in [3.63, 3.8) is 0 Å². The minimum Gasteiger partial charge on any atom is -0.490 e. The van der Waals surface area contributed by atoms with Gasteiger partial charge in [0.25, 0.3) is 5.56 Å². The van der Waals surface area contributed by atoms with Gasteiger partial charge in [-0.3, -0.25) is 13.9 Å². The Morgan fingerprint density at radius 3 is 2.47 bits per heavy atom. The van der Waals surface area contributed by atoms with Gasteiger partial charge < -0.3 is 10.1 Å². The van der Waals surface area contributed by atoms with Crippen molar-refractivity contribution < 1.29 is 17.9 Å². The average molecular weight is 476 g/mol. The number of nitrogens with one attached hydrogen (secondary N) is 1. The van der Waals surface area contributed by atoms with E-state index in [1.165, 1.54) is 4.57 Å². The topological polar surface area (TPSA) is 65.3 Å². The molecule has 0 saturated carbocycles. The van der Waals surface area contributed by atoms with Crippen molar-refractivity contribution >= 4 is 16.6 Å². The molecular weight excluding hydrogens is 447 g/mol. The number of halogens is 3. The Kier molecular flexibility index (Phi) is 7.86. The van der Waals surface area contributed by atoms with E-state index in [1.807, 2.05) is 13.8 Å². The van der Waals surface area contributed by atoms with E-state index in [2.05, 4.69) is 11.9 Å². The molecule has 1 unspecified atom stereocenters. The molecule has 182 valence electrons. The van der Waals surface area contributed by atoms with Gasteiger partial charge >= 0.3 is 5.69 Å². The quantitative estimate of drug-likeness (QED) is 0.417. The highest BCUT2D eigenvalue weighted by Gasteiger charge is 2.14. The van der Waals surface area contributed by atoms with E-state index < -0.39 is 23.2 Å². The maximum Gasteiger partial charge on any atom is 0.331 e. The van der Waals surface area contributed by atoms with E-state index in [0.29, 0.717) is 47.7 Å². The zero-order valence-corrected chi connectivity index (χ0v) is 19.5. The van der Waals surface area contributed by atoms with E-state index in [1.54, 1.807) is 29.7 Å². The first kappa shape index (κ1) is 25.1. The van der Waals surface area contributed by atoms with Gasteiger partial charge in [0.2, 0.25) is 5.82 Å². The second kappa shape index (κ2) is 10.6. The van der Waals surface area contributed by atoms with E-state index in [9.17, 15) is 22.8 Å². The van der Waals surface area contributed by atoms with Crippen LogP contribution in [0.15, 0.2) is 52.2 Å². The molecule has 0 spiro atoms. The monoisotopic (exact) mass is 475 g/mol. The van der Waals surface area contributed by atoms with Gasteiger partial charge in [-0.05, 0) is 50.8 Å². The summed E-state index contributed by atoms with van der Waals surface area (Å²) < 4.78 is 48.2. The molecule has 1 N–H and O–H groups in total. The predicted molar refractivity (Wildman–Crippen MR) is 127 cm³/mol. The Morgan fingerprint density at radius 1 is 1.09 bits per heavy atom. The predicted octanol–water partition coefficient (Wildman–Crippen LogP) is 5.04. The first-order valence-corrected chi connectivity index (χ1v) is 11.2. The third-order valence-corrected chi connectivity index (χ3v) is 5.60. The number of fused-ring (bicyclic) bond motifs is 1. The van der Waals surface area contributed by atoms with E-state index in [-0.39, 0.29) is 30.3 Å². The number of aromatic nitrogens is 2. The molecule has 2 aromatic carbocycles. The molecule has 0 radical (unpaired) electrons. The van der Waals surface area contributed by atoms with Crippen LogP contribution >= 0.6 is 0 Å². The number of hydrogen-bond donors (Lipinski definition) is 1.